The number of rotatable bonds is 18. The summed E-state index contributed by atoms with van der Waals surface area (Å²) in [5.41, 5.74) is 2.71. The van der Waals surface area contributed by atoms with Crippen molar-refractivity contribution in [3.05, 3.63) is 126 Å². The van der Waals surface area contributed by atoms with Crippen molar-refractivity contribution in [1.82, 2.24) is 30.8 Å². The Morgan fingerprint density at radius 2 is 1.53 bits per heavy atom. The number of carbonyl (C=O) groups is 5. The predicted octanol–water partition coefficient (Wildman–Crippen LogP) is 3.82. The van der Waals surface area contributed by atoms with Crippen molar-refractivity contribution in [2.45, 2.75) is 83.5 Å². The second kappa shape index (κ2) is 19.9. The van der Waals surface area contributed by atoms with E-state index in [4.69, 9.17) is 9.47 Å². The summed E-state index contributed by atoms with van der Waals surface area (Å²) in [6, 6.07) is 22.7. The average Bonchev–Trinajstić information content (AvgIpc) is 3.66. The molecule has 0 spiro atoms. The van der Waals surface area contributed by atoms with Gasteiger partial charge in [-0.15, -0.1) is 0 Å². The fourth-order valence-electron chi connectivity index (χ4n) is 6.21. The van der Waals surface area contributed by atoms with Crippen LogP contribution in [0.1, 0.15) is 60.8 Å². The first kappa shape index (κ1) is 40.2. The van der Waals surface area contributed by atoms with Crippen molar-refractivity contribution in [1.29, 1.82) is 0 Å². The largest absolute Gasteiger partial charge is 0.489 e. The van der Waals surface area contributed by atoms with Crippen molar-refractivity contribution in [3.8, 4) is 5.75 Å². The van der Waals surface area contributed by atoms with Crippen molar-refractivity contribution in [2.75, 3.05) is 6.54 Å². The highest BCUT2D eigenvalue weighted by Gasteiger charge is 2.44. The Bertz CT molecular complexity index is 1860. The molecule has 1 fully saturated rings. The van der Waals surface area contributed by atoms with Crippen molar-refractivity contribution in [2.24, 2.45) is 5.92 Å². The zero-order valence-electron chi connectivity index (χ0n) is 31.3. The van der Waals surface area contributed by atoms with Crippen LogP contribution < -0.4 is 20.7 Å². The molecule has 1 aliphatic rings. The van der Waals surface area contributed by atoms with Crippen LogP contribution >= 0.6 is 0 Å². The summed E-state index contributed by atoms with van der Waals surface area (Å²) in [7, 11) is 0. The number of hydrogen-bond acceptors (Lipinski definition) is 9. The second-order valence-corrected chi connectivity index (χ2v) is 13.8. The molecule has 0 saturated carbocycles. The fourth-order valence-corrected chi connectivity index (χ4v) is 6.21. The molecule has 3 N–H and O–H groups in total. The predicted molar refractivity (Wildman–Crippen MR) is 204 cm³/mol. The number of aldehydes is 1. The zero-order valence-corrected chi connectivity index (χ0v) is 31.3. The Labute approximate surface area is 321 Å². The molecule has 1 aromatic heterocycles. The molecule has 4 amide bonds. The summed E-state index contributed by atoms with van der Waals surface area (Å²) < 4.78 is 12.1. The van der Waals surface area contributed by atoms with E-state index < -0.39 is 59.8 Å². The summed E-state index contributed by atoms with van der Waals surface area (Å²) in [5, 5.41) is 8.39. The smallest absolute Gasteiger partial charge is 0.272 e. The van der Waals surface area contributed by atoms with E-state index in [2.05, 4.69) is 25.9 Å². The van der Waals surface area contributed by atoms with Gasteiger partial charge in [-0.3, -0.25) is 24.2 Å². The SMILES string of the molecule is CC[C@@H](C=O)NC(=O)[C@@H]1C[C@@H](OCc2ccccc2)CN1C(=O)[C@@H](NC(=O)[C@H](Cc1ccc(OCc2ccccc2)cc1)NC(=O)c1cnccn1)C(C)C. The maximum Gasteiger partial charge on any atom is 0.272 e. The van der Waals surface area contributed by atoms with Crippen molar-refractivity contribution in [3.63, 3.8) is 0 Å². The van der Waals surface area contributed by atoms with Crippen molar-refractivity contribution >= 4 is 29.9 Å². The van der Waals surface area contributed by atoms with E-state index in [1.54, 1.807) is 32.9 Å². The lowest BCUT2D eigenvalue weighted by Crippen LogP contribution is -2.59. The molecular weight excluding hydrogens is 700 g/mol. The highest BCUT2D eigenvalue weighted by Crippen LogP contribution is 2.25. The maximum absolute atomic E-state index is 14.4. The van der Waals surface area contributed by atoms with Crippen LogP contribution in [0.15, 0.2) is 104 Å². The summed E-state index contributed by atoms with van der Waals surface area (Å²) in [6.45, 7) is 6.13. The normalized spacial score (nSPS) is 16.8. The summed E-state index contributed by atoms with van der Waals surface area (Å²) >= 11 is 0. The molecule has 55 heavy (non-hydrogen) atoms. The van der Waals surface area contributed by atoms with Crippen LogP contribution in [0, 0.1) is 5.92 Å². The Hall–Kier alpha value is -5.95. The van der Waals surface area contributed by atoms with Gasteiger partial charge in [-0.25, -0.2) is 4.98 Å². The number of hydrogen-bond donors (Lipinski definition) is 3. The second-order valence-electron chi connectivity index (χ2n) is 13.8. The number of aromatic nitrogens is 2. The lowest BCUT2D eigenvalue weighted by Gasteiger charge is -2.31. The third kappa shape index (κ3) is 11.5. The molecule has 2 heterocycles. The van der Waals surface area contributed by atoms with Crippen LogP contribution in [-0.2, 0) is 43.5 Å². The molecule has 0 radical (unpaired) electrons. The van der Waals surface area contributed by atoms with Gasteiger partial charge in [-0.1, -0.05) is 93.6 Å². The topological polar surface area (TPSA) is 169 Å². The molecular formula is C42H48N6O7. The first-order valence-electron chi connectivity index (χ1n) is 18.5. The van der Waals surface area contributed by atoms with Gasteiger partial charge >= 0.3 is 0 Å². The van der Waals surface area contributed by atoms with Crippen molar-refractivity contribution < 1.29 is 33.4 Å². The van der Waals surface area contributed by atoms with Crippen LogP contribution in [0.3, 0.4) is 0 Å². The van der Waals surface area contributed by atoms with E-state index in [1.807, 2.05) is 72.8 Å². The number of benzene rings is 3. The fraction of sp³-hybridized carbons (Fsp3) is 0.357. The van der Waals surface area contributed by atoms with Crippen LogP contribution in [-0.4, -0.2) is 81.6 Å². The molecule has 0 aliphatic carbocycles. The Morgan fingerprint density at radius 3 is 2.13 bits per heavy atom. The van der Waals surface area contributed by atoms with E-state index in [-0.39, 0.29) is 31.7 Å². The highest BCUT2D eigenvalue weighted by molar-refractivity contribution is 5.98. The summed E-state index contributed by atoms with van der Waals surface area (Å²) in [4.78, 5) is 76.4. The van der Waals surface area contributed by atoms with E-state index in [1.165, 1.54) is 23.5 Å². The quantitative estimate of drug-likeness (QED) is 0.128. The van der Waals surface area contributed by atoms with Crippen LogP contribution in [0.2, 0.25) is 0 Å². The number of carbonyl (C=O) groups excluding carboxylic acids is 5. The zero-order chi connectivity index (χ0) is 39.2. The summed E-state index contributed by atoms with van der Waals surface area (Å²) in [6.07, 6.45) is 4.99. The van der Waals surface area contributed by atoms with Gasteiger partial charge < -0.3 is 35.1 Å². The minimum atomic E-state index is -1.11. The molecule has 1 aliphatic heterocycles. The molecule has 13 heteroatoms. The maximum atomic E-state index is 14.4. The molecule has 4 aromatic rings. The van der Waals surface area contributed by atoms with Crippen LogP contribution in [0.25, 0.3) is 0 Å². The van der Waals surface area contributed by atoms with E-state index in [0.717, 1.165) is 16.7 Å². The highest BCUT2D eigenvalue weighted by atomic mass is 16.5. The number of amides is 4. The minimum Gasteiger partial charge on any atom is -0.489 e. The van der Waals surface area contributed by atoms with Gasteiger partial charge in [-0.05, 0) is 41.2 Å². The third-order valence-corrected chi connectivity index (χ3v) is 9.37. The molecule has 5 rings (SSSR count). The Morgan fingerprint density at radius 1 is 0.855 bits per heavy atom. The van der Waals surface area contributed by atoms with E-state index in [0.29, 0.717) is 25.1 Å². The molecule has 1 saturated heterocycles. The molecule has 3 aromatic carbocycles. The number of nitrogens with one attached hydrogen (secondary N) is 3. The van der Waals surface area contributed by atoms with Gasteiger partial charge in [0.2, 0.25) is 17.7 Å². The molecule has 0 bridgehead atoms. The third-order valence-electron chi connectivity index (χ3n) is 9.37. The molecule has 288 valence electrons. The first-order chi connectivity index (χ1) is 26.6. The molecule has 0 unspecified atom stereocenters. The number of nitrogens with zero attached hydrogens (tertiary/aromatic N) is 3. The molecule has 5 atom stereocenters. The van der Waals surface area contributed by atoms with E-state index in [9.17, 15) is 24.0 Å². The Kier molecular flexibility index (Phi) is 14.6. The van der Waals surface area contributed by atoms with Gasteiger partial charge in [-0.2, -0.15) is 0 Å². The summed E-state index contributed by atoms with van der Waals surface area (Å²) in [5.74, 6) is -1.93. The minimum absolute atomic E-state index is 0.0228. The van der Waals surface area contributed by atoms with Gasteiger partial charge in [0, 0.05) is 31.8 Å². The lowest BCUT2D eigenvalue weighted by molar-refractivity contribution is -0.143. The standard InChI is InChI=1S/C42H48N6O7/c1-4-32(25-49)45-41(52)37-22-34(55-27-31-13-9-6-10-14-31)24-48(37)42(53)38(28(2)3)47-39(50)35(46-40(51)36-23-43-19-20-44-36)21-29-15-17-33(18-16-29)54-26-30-11-7-5-8-12-30/h5-20,23,25,28,32,34-35,37-38H,4,21-22,24,26-27H2,1-3H3,(H,45,52)(H,46,51)(H,47,50)/t32-,34+,35-,37-,38-/m0/s1. The molecule has 13 nitrogen and oxygen atoms in total. The van der Waals surface area contributed by atoms with Crippen LogP contribution in [0.4, 0.5) is 0 Å². The van der Waals surface area contributed by atoms with Gasteiger partial charge in [0.1, 0.15) is 42.5 Å². The Balaban J connectivity index is 1.33. The number of ether oxygens (including phenoxy) is 2. The first-order valence-corrected chi connectivity index (χ1v) is 18.5. The average molecular weight is 749 g/mol. The monoisotopic (exact) mass is 748 g/mol. The van der Waals surface area contributed by atoms with E-state index >= 15 is 0 Å². The van der Waals surface area contributed by atoms with Gasteiger partial charge in [0.15, 0.2) is 0 Å². The van der Waals surface area contributed by atoms with Gasteiger partial charge in [0.25, 0.3) is 5.91 Å². The number of likely N-dealkylation sites (tertiary alicyclic amines) is 1. The lowest BCUT2D eigenvalue weighted by atomic mass is 10.00. The van der Waals surface area contributed by atoms with Gasteiger partial charge in [0.05, 0.1) is 24.9 Å². The van der Waals surface area contributed by atoms with Crippen LogP contribution in [0.5, 0.6) is 5.75 Å².